The summed E-state index contributed by atoms with van der Waals surface area (Å²) in [4.78, 5) is 22.0. The summed E-state index contributed by atoms with van der Waals surface area (Å²) >= 11 is 0. The number of carbonyl (C=O) groups is 2. The quantitative estimate of drug-likeness (QED) is 0.619. The minimum Gasteiger partial charge on any atom is -0.447 e. The van der Waals surface area contributed by atoms with Crippen LogP contribution in [0.3, 0.4) is 0 Å². The molecule has 6 nitrogen and oxygen atoms in total. The van der Waals surface area contributed by atoms with Crippen LogP contribution in [0.15, 0.2) is 0 Å². The second kappa shape index (κ2) is 3.38. The maximum Gasteiger partial charge on any atom is 0.414 e. The van der Waals surface area contributed by atoms with Gasteiger partial charge in [0, 0.05) is 0 Å². The van der Waals surface area contributed by atoms with Crippen molar-refractivity contribution in [2.24, 2.45) is 0 Å². The fourth-order valence-corrected chi connectivity index (χ4v) is 1.93. The van der Waals surface area contributed by atoms with Gasteiger partial charge < -0.3 is 9.47 Å². The van der Waals surface area contributed by atoms with E-state index >= 15 is 0 Å². The molecule has 13 heavy (non-hydrogen) atoms. The lowest BCUT2D eigenvalue weighted by Crippen LogP contribution is -2.24. The van der Waals surface area contributed by atoms with Crippen molar-refractivity contribution >= 4 is 21.1 Å². The first-order valence-electron chi connectivity index (χ1n) is 3.87. The summed E-state index contributed by atoms with van der Waals surface area (Å²) < 4.78 is 12.3. The highest BCUT2D eigenvalue weighted by atomic mass is 31.1. The zero-order chi connectivity index (χ0) is 9.26. The molecule has 2 rings (SSSR count). The Morgan fingerprint density at radius 3 is 1.77 bits per heavy atom. The van der Waals surface area contributed by atoms with Gasteiger partial charge in [0.25, 0.3) is 0 Å². The molecule has 0 unspecified atom stereocenters. The summed E-state index contributed by atoms with van der Waals surface area (Å²) in [5.74, 6) is 0. The molecule has 0 aromatic carbocycles. The van der Waals surface area contributed by atoms with Crippen LogP contribution in [0, 0.1) is 0 Å². The molecule has 1 radical (unpaired) electrons. The van der Waals surface area contributed by atoms with E-state index in [-0.39, 0.29) is 12.2 Å². The first-order valence-corrected chi connectivity index (χ1v) is 4.67. The fraction of sp³-hybridized carbons (Fsp3) is 0.667. The Kier molecular flexibility index (Phi) is 2.22. The van der Waals surface area contributed by atoms with Crippen LogP contribution in [-0.4, -0.2) is 47.8 Å². The Hall–Kier alpha value is -1.03. The Labute approximate surface area is 76.6 Å². The first-order chi connectivity index (χ1) is 6.27. The number of amides is 2. The highest BCUT2D eigenvalue weighted by Crippen LogP contribution is 2.29. The molecule has 2 aliphatic rings. The molecule has 71 valence electrons. The van der Waals surface area contributed by atoms with Crippen molar-refractivity contribution in [1.82, 2.24) is 9.34 Å². The lowest BCUT2D eigenvalue weighted by Gasteiger charge is -2.16. The molecule has 0 spiro atoms. The molecular weight excluding hydrogens is 195 g/mol. The highest BCUT2D eigenvalue weighted by molar-refractivity contribution is 7.34. The van der Waals surface area contributed by atoms with Gasteiger partial charge in [-0.15, -0.1) is 0 Å². The molecule has 2 amide bonds. The van der Waals surface area contributed by atoms with Crippen molar-refractivity contribution in [3.63, 3.8) is 0 Å². The van der Waals surface area contributed by atoms with Gasteiger partial charge in [-0.05, 0) is 0 Å². The van der Waals surface area contributed by atoms with E-state index in [1.54, 1.807) is 0 Å². The molecular formula is C6H8N2O4P. The summed E-state index contributed by atoms with van der Waals surface area (Å²) in [6.45, 7) is 1.86. The van der Waals surface area contributed by atoms with Crippen molar-refractivity contribution in [3.05, 3.63) is 0 Å². The number of rotatable bonds is 2. The topological polar surface area (TPSA) is 59.1 Å². The van der Waals surface area contributed by atoms with Gasteiger partial charge in [0.05, 0.1) is 13.1 Å². The lowest BCUT2D eigenvalue weighted by atomic mass is 10.7. The second-order valence-electron chi connectivity index (χ2n) is 2.56. The van der Waals surface area contributed by atoms with Crippen LogP contribution >= 0.6 is 8.88 Å². The Morgan fingerprint density at radius 2 is 1.46 bits per heavy atom. The number of ether oxygens (including phenoxy) is 2. The standard InChI is InChI=1S/C6H8N2O4P/c9-5-7(1-3-11-5)13-8-2-4-12-6(8)10/h1-4H2. The molecule has 0 N–H and O–H groups in total. The van der Waals surface area contributed by atoms with Crippen molar-refractivity contribution < 1.29 is 19.1 Å². The molecule has 2 saturated heterocycles. The lowest BCUT2D eigenvalue weighted by molar-refractivity contribution is 0.168. The number of hydrogen-bond acceptors (Lipinski definition) is 4. The number of carbonyl (C=O) groups excluding carboxylic acids is 2. The van der Waals surface area contributed by atoms with Crippen molar-refractivity contribution in [1.29, 1.82) is 0 Å². The third-order valence-electron chi connectivity index (χ3n) is 1.69. The van der Waals surface area contributed by atoms with Crippen LogP contribution in [0.25, 0.3) is 0 Å². The normalized spacial score (nSPS) is 22.2. The van der Waals surface area contributed by atoms with E-state index in [1.165, 1.54) is 9.34 Å². The third kappa shape index (κ3) is 1.67. The van der Waals surface area contributed by atoms with Crippen LogP contribution in [0.1, 0.15) is 0 Å². The first kappa shape index (κ1) is 8.56. The van der Waals surface area contributed by atoms with Crippen LogP contribution in [-0.2, 0) is 9.47 Å². The summed E-state index contributed by atoms with van der Waals surface area (Å²) in [5.41, 5.74) is 0. The fourth-order valence-electron chi connectivity index (χ4n) is 1.06. The SMILES string of the molecule is O=C1OCCN1[P]N1CCOC1=O. The second-order valence-corrected chi connectivity index (χ2v) is 3.71. The van der Waals surface area contributed by atoms with Gasteiger partial charge in [0.2, 0.25) is 0 Å². The van der Waals surface area contributed by atoms with E-state index in [9.17, 15) is 9.59 Å². The van der Waals surface area contributed by atoms with Crippen LogP contribution in [0.4, 0.5) is 9.59 Å². The minimum absolute atomic E-state index is 0.374. The van der Waals surface area contributed by atoms with Crippen molar-refractivity contribution in [2.75, 3.05) is 26.3 Å². The molecule has 0 aromatic heterocycles. The number of cyclic esters (lactones) is 2. The van der Waals surface area contributed by atoms with Crippen LogP contribution in [0.2, 0.25) is 0 Å². The molecule has 0 atom stereocenters. The zero-order valence-electron chi connectivity index (χ0n) is 6.80. The average molecular weight is 203 g/mol. The molecule has 2 heterocycles. The van der Waals surface area contributed by atoms with Crippen LogP contribution < -0.4 is 0 Å². The maximum absolute atomic E-state index is 11.0. The molecule has 7 heteroatoms. The predicted octanol–water partition coefficient (Wildman–Crippen LogP) is 0.667. The summed E-state index contributed by atoms with van der Waals surface area (Å²) in [6, 6.07) is 0. The monoisotopic (exact) mass is 203 g/mol. The molecule has 2 fully saturated rings. The molecule has 0 aromatic rings. The largest absolute Gasteiger partial charge is 0.447 e. The molecule has 0 saturated carbocycles. The molecule has 0 aliphatic carbocycles. The predicted molar refractivity (Wildman–Crippen MR) is 43.0 cm³/mol. The molecule has 0 bridgehead atoms. The summed E-state index contributed by atoms with van der Waals surface area (Å²) in [7, 11) is 0.533. The van der Waals surface area contributed by atoms with Gasteiger partial charge in [-0.1, -0.05) is 0 Å². The van der Waals surface area contributed by atoms with Crippen LogP contribution in [0.5, 0.6) is 0 Å². The van der Waals surface area contributed by atoms with Crippen molar-refractivity contribution in [2.45, 2.75) is 0 Å². The van der Waals surface area contributed by atoms with E-state index in [1.807, 2.05) is 0 Å². The maximum atomic E-state index is 11.0. The average Bonchev–Trinajstić information content (AvgIpc) is 2.65. The van der Waals surface area contributed by atoms with Gasteiger partial charge in [-0.25, -0.2) is 9.59 Å². The third-order valence-corrected chi connectivity index (χ3v) is 2.85. The van der Waals surface area contributed by atoms with Gasteiger partial charge in [0.15, 0.2) is 8.88 Å². The smallest absolute Gasteiger partial charge is 0.414 e. The Bertz CT molecular complexity index is 223. The summed E-state index contributed by atoms with van der Waals surface area (Å²) in [6.07, 6.45) is -0.747. The zero-order valence-corrected chi connectivity index (χ0v) is 7.70. The van der Waals surface area contributed by atoms with E-state index in [4.69, 9.17) is 9.47 Å². The van der Waals surface area contributed by atoms with Gasteiger partial charge in [-0.2, -0.15) is 0 Å². The number of nitrogens with zero attached hydrogens (tertiary/aromatic N) is 2. The van der Waals surface area contributed by atoms with Crippen molar-refractivity contribution in [3.8, 4) is 0 Å². The van der Waals surface area contributed by atoms with Gasteiger partial charge in [0.1, 0.15) is 13.2 Å². The van der Waals surface area contributed by atoms with E-state index in [0.717, 1.165) is 0 Å². The van der Waals surface area contributed by atoms with Gasteiger partial charge >= 0.3 is 12.2 Å². The minimum atomic E-state index is -0.374. The Balaban J connectivity index is 1.89. The summed E-state index contributed by atoms with van der Waals surface area (Å²) in [5, 5.41) is 0. The molecule has 2 aliphatic heterocycles. The highest BCUT2D eigenvalue weighted by Gasteiger charge is 2.31. The van der Waals surface area contributed by atoms with E-state index in [0.29, 0.717) is 35.2 Å². The van der Waals surface area contributed by atoms with E-state index in [2.05, 4.69) is 0 Å². The number of hydrogen-bond donors (Lipinski definition) is 0. The van der Waals surface area contributed by atoms with E-state index < -0.39 is 0 Å². The Morgan fingerprint density at radius 1 is 1.00 bits per heavy atom. The van der Waals surface area contributed by atoms with Gasteiger partial charge in [-0.3, -0.25) is 9.34 Å².